The van der Waals surface area contributed by atoms with Crippen molar-refractivity contribution in [3.05, 3.63) is 66.3 Å². The molecule has 1 aromatic carbocycles. The number of benzene rings is 1. The van der Waals surface area contributed by atoms with E-state index in [0.29, 0.717) is 12.2 Å². The molecule has 1 amide bonds. The molecule has 2 heterocycles. The molecule has 0 saturated carbocycles. The molecule has 148 valence electrons. The minimum absolute atomic E-state index is 0.151. The Hall–Kier alpha value is -2.18. The molecule has 1 fully saturated rings. The van der Waals surface area contributed by atoms with Crippen LogP contribution in [0.15, 0.2) is 54.9 Å². The summed E-state index contributed by atoms with van der Waals surface area (Å²) >= 11 is 0. The van der Waals surface area contributed by atoms with Gasteiger partial charge in [-0.25, -0.2) is 22.4 Å². The summed E-state index contributed by atoms with van der Waals surface area (Å²) in [5, 5.41) is 3.31. The predicted octanol–water partition coefficient (Wildman–Crippen LogP) is 3.86. The second-order valence-electron chi connectivity index (χ2n) is 7.99. The third-order valence-electron chi connectivity index (χ3n) is 6.42. The SMILES string of the molecule is C=CC[N+]1(C(=O)C2C=CC=C(F)C2F)CC2(CCNCC2)c2cc(F)ccc21. The van der Waals surface area contributed by atoms with Gasteiger partial charge in [-0.05, 0) is 50.2 Å². The number of carbonyl (C=O) groups excluding carboxylic acids is 1. The number of amides is 1. The van der Waals surface area contributed by atoms with E-state index >= 15 is 0 Å². The minimum Gasteiger partial charge on any atom is -0.317 e. The highest BCUT2D eigenvalue weighted by Crippen LogP contribution is 2.51. The molecular formula is C22H24F3N2O+. The fourth-order valence-electron chi connectivity index (χ4n) is 5.12. The van der Waals surface area contributed by atoms with Crippen molar-refractivity contribution in [1.29, 1.82) is 0 Å². The lowest BCUT2D eigenvalue weighted by Gasteiger charge is -2.38. The third kappa shape index (κ3) is 2.78. The minimum atomic E-state index is -1.99. The Labute approximate surface area is 162 Å². The Balaban J connectivity index is 1.85. The lowest BCUT2D eigenvalue weighted by Crippen LogP contribution is -2.60. The van der Waals surface area contributed by atoms with Gasteiger partial charge in [-0.3, -0.25) is 0 Å². The van der Waals surface area contributed by atoms with Gasteiger partial charge in [-0.15, -0.1) is 0 Å². The molecule has 1 aliphatic carbocycles. The van der Waals surface area contributed by atoms with Gasteiger partial charge in [-0.1, -0.05) is 18.7 Å². The monoisotopic (exact) mass is 389 g/mol. The van der Waals surface area contributed by atoms with Crippen LogP contribution in [-0.4, -0.2) is 38.3 Å². The molecular weight excluding hydrogens is 365 g/mol. The molecule has 0 bridgehead atoms. The Kier molecular flexibility index (Phi) is 4.79. The van der Waals surface area contributed by atoms with E-state index in [1.54, 1.807) is 12.1 Å². The maximum absolute atomic E-state index is 14.6. The number of nitrogens with zero attached hydrogens (tertiary/aromatic N) is 1. The average Bonchev–Trinajstić information content (AvgIpc) is 2.94. The summed E-state index contributed by atoms with van der Waals surface area (Å²) in [6.45, 7) is 6.02. The Morgan fingerprint density at radius 1 is 1.32 bits per heavy atom. The average molecular weight is 389 g/mol. The van der Waals surface area contributed by atoms with Crippen molar-refractivity contribution < 1.29 is 18.0 Å². The van der Waals surface area contributed by atoms with Crippen LogP contribution in [0.25, 0.3) is 0 Å². The molecule has 1 spiro atoms. The van der Waals surface area contributed by atoms with Gasteiger partial charge in [0.15, 0.2) is 6.17 Å². The van der Waals surface area contributed by atoms with Crippen LogP contribution in [0.5, 0.6) is 0 Å². The number of allylic oxidation sites excluding steroid dienone is 3. The largest absolute Gasteiger partial charge is 0.329 e. The maximum Gasteiger partial charge on any atom is 0.329 e. The number of hydrogen-bond donors (Lipinski definition) is 1. The number of carbonyl (C=O) groups is 1. The van der Waals surface area contributed by atoms with E-state index in [9.17, 15) is 18.0 Å². The van der Waals surface area contributed by atoms with Crippen LogP contribution >= 0.6 is 0 Å². The van der Waals surface area contributed by atoms with Crippen LogP contribution in [0.1, 0.15) is 18.4 Å². The van der Waals surface area contributed by atoms with Crippen LogP contribution in [0.2, 0.25) is 0 Å². The van der Waals surface area contributed by atoms with Crippen molar-refractivity contribution in [2.24, 2.45) is 5.92 Å². The van der Waals surface area contributed by atoms with Gasteiger partial charge < -0.3 is 5.32 Å². The number of halogens is 3. The van der Waals surface area contributed by atoms with Crippen molar-refractivity contribution in [2.45, 2.75) is 24.4 Å². The van der Waals surface area contributed by atoms with Crippen LogP contribution in [0.3, 0.4) is 0 Å². The Morgan fingerprint density at radius 2 is 2.07 bits per heavy atom. The summed E-state index contributed by atoms with van der Waals surface area (Å²) < 4.78 is 42.5. The van der Waals surface area contributed by atoms with E-state index < -0.39 is 23.8 Å². The van der Waals surface area contributed by atoms with Gasteiger partial charge in [0.05, 0.1) is 5.41 Å². The number of quaternary nitrogens is 1. The quantitative estimate of drug-likeness (QED) is 0.628. The first-order valence-electron chi connectivity index (χ1n) is 9.65. The van der Waals surface area contributed by atoms with E-state index in [1.165, 1.54) is 24.3 Å². The third-order valence-corrected chi connectivity index (χ3v) is 6.42. The summed E-state index contributed by atoms with van der Waals surface area (Å²) in [5.41, 5.74) is 1.14. The van der Waals surface area contributed by atoms with Crippen LogP contribution < -0.4 is 9.80 Å². The number of piperidine rings is 1. The summed E-state index contributed by atoms with van der Waals surface area (Å²) in [6.07, 6.45) is 5.04. The van der Waals surface area contributed by atoms with Gasteiger partial charge in [0.1, 0.15) is 36.3 Å². The van der Waals surface area contributed by atoms with Crippen molar-refractivity contribution in [2.75, 3.05) is 26.2 Å². The van der Waals surface area contributed by atoms with Gasteiger partial charge in [-0.2, -0.15) is 0 Å². The second-order valence-corrected chi connectivity index (χ2v) is 7.99. The smallest absolute Gasteiger partial charge is 0.317 e. The number of alkyl halides is 1. The van der Waals surface area contributed by atoms with Crippen molar-refractivity contribution in [3.63, 3.8) is 0 Å². The van der Waals surface area contributed by atoms with Crippen molar-refractivity contribution >= 4 is 11.6 Å². The molecule has 3 nitrogen and oxygen atoms in total. The summed E-state index contributed by atoms with van der Waals surface area (Å²) in [7, 11) is 0. The Morgan fingerprint density at radius 3 is 2.79 bits per heavy atom. The first kappa shape index (κ1) is 19.2. The highest BCUT2D eigenvalue weighted by Gasteiger charge is 2.59. The molecule has 28 heavy (non-hydrogen) atoms. The molecule has 3 unspecified atom stereocenters. The molecule has 0 radical (unpaired) electrons. The zero-order valence-electron chi connectivity index (χ0n) is 15.6. The highest BCUT2D eigenvalue weighted by molar-refractivity contribution is 5.95. The zero-order valence-corrected chi connectivity index (χ0v) is 15.6. The van der Waals surface area contributed by atoms with Gasteiger partial charge in [0.2, 0.25) is 0 Å². The summed E-state index contributed by atoms with van der Waals surface area (Å²) in [6, 6.07) is 4.49. The van der Waals surface area contributed by atoms with E-state index in [1.807, 2.05) is 0 Å². The van der Waals surface area contributed by atoms with Gasteiger partial charge in [0.25, 0.3) is 0 Å². The highest BCUT2D eigenvalue weighted by atomic mass is 19.2. The normalized spacial score (nSPS) is 30.8. The molecule has 1 saturated heterocycles. The van der Waals surface area contributed by atoms with Gasteiger partial charge in [0, 0.05) is 11.6 Å². The van der Waals surface area contributed by atoms with Crippen LogP contribution in [0, 0.1) is 11.7 Å². The van der Waals surface area contributed by atoms with Crippen molar-refractivity contribution in [3.8, 4) is 0 Å². The number of fused-ring (bicyclic) bond motifs is 2. The van der Waals surface area contributed by atoms with Gasteiger partial charge >= 0.3 is 5.91 Å². The molecule has 1 N–H and O–H groups in total. The van der Waals surface area contributed by atoms with E-state index in [0.717, 1.165) is 37.6 Å². The molecule has 4 rings (SSSR count). The zero-order chi connectivity index (χ0) is 19.9. The molecule has 2 aliphatic heterocycles. The van der Waals surface area contributed by atoms with E-state index in [2.05, 4.69) is 11.9 Å². The maximum atomic E-state index is 14.6. The standard InChI is InChI=1S/C22H24F3N2O/c1-2-12-27(21(28)16-4-3-5-18(24)20(16)25)14-22(8-10-26-11-9-22)17-13-15(23)6-7-19(17)27/h2-7,13,16,20,26H,1,8-12,14H2/q+1. The fourth-order valence-corrected chi connectivity index (χ4v) is 5.12. The summed E-state index contributed by atoms with van der Waals surface area (Å²) in [5.74, 6) is -2.90. The first-order valence-corrected chi connectivity index (χ1v) is 9.65. The fraction of sp³-hybridized carbons (Fsp3) is 0.409. The number of hydrogen-bond acceptors (Lipinski definition) is 2. The first-order chi connectivity index (χ1) is 13.4. The molecule has 3 aliphatic rings. The molecule has 0 aromatic heterocycles. The van der Waals surface area contributed by atoms with Crippen molar-refractivity contribution in [1.82, 2.24) is 9.80 Å². The molecule has 3 atom stereocenters. The number of nitrogens with one attached hydrogen (secondary N) is 1. The predicted molar refractivity (Wildman–Crippen MR) is 104 cm³/mol. The van der Waals surface area contributed by atoms with E-state index in [4.69, 9.17) is 0 Å². The number of rotatable bonds is 3. The Bertz CT molecular complexity index is 873. The summed E-state index contributed by atoms with van der Waals surface area (Å²) in [4.78, 5) is 13.7. The molecule has 1 aromatic rings. The lowest BCUT2D eigenvalue weighted by molar-refractivity contribution is -0.134. The van der Waals surface area contributed by atoms with E-state index in [-0.39, 0.29) is 22.3 Å². The molecule has 6 heteroatoms. The second kappa shape index (κ2) is 7.01. The van der Waals surface area contributed by atoms with Crippen LogP contribution in [-0.2, 0) is 10.2 Å². The van der Waals surface area contributed by atoms with Crippen LogP contribution in [0.4, 0.5) is 18.9 Å². The lowest BCUT2D eigenvalue weighted by atomic mass is 9.74. The topological polar surface area (TPSA) is 29.1 Å².